The van der Waals surface area contributed by atoms with Crippen molar-refractivity contribution >= 4 is 0 Å². The molecule has 1 saturated carbocycles. The number of rotatable bonds is 6. The lowest BCUT2D eigenvalue weighted by atomic mass is 9.88. The topological polar surface area (TPSA) is 29.5 Å². The van der Waals surface area contributed by atoms with Crippen molar-refractivity contribution in [2.45, 2.75) is 38.2 Å². The molecule has 1 unspecified atom stereocenters. The van der Waals surface area contributed by atoms with Crippen molar-refractivity contribution in [1.29, 1.82) is 0 Å². The van der Waals surface area contributed by atoms with Crippen molar-refractivity contribution in [3.05, 3.63) is 35.4 Å². The second-order valence-electron chi connectivity index (χ2n) is 5.08. The van der Waals surface area contributed by atoms with Crippen LogP contribution in [0.2, 0.25) is 0 Å². The molecule has 0 radical (unpaired) electrons. The fourth-order valence-electron chi connectivity index (χ4n) is 2.50. The van der Waals surface area contributed by atoms with Gasteiger partial charge in [-0.2, -0.15) is 0 Å². The first-order valence-corrected chi connectivity index (χ1v) is 6.51. The predicted molar refractivity (Wildman–Crippen MR) is 68.9 cm³/mol. The van der Waals surface area contributed by atoms with Crippen LogP contribution in [0, 0.1) is 5.92 Å². The summed E-state index contributed by atoms with van der Waals surface area (Å²) in [6.07, 6.45) is 4.42. The van der Waals surface area contributed by atoms with E-state index in [2.05, 4.69) is 19.1 Å². The van der Waals surface area contributed by atoms with Crippen molar-refractivity contribution in [3.8, 4) is 0 Å². The zero-order chi connectivity index (χ0) is 12.3. The summed E-state index contributed by atoms with van der Waals surface area (Å²) in [5.74, 6) is 0.374. The van der Waals surface area contributed by atoms with E-state index < -0.39 is 5.60 Å². The Morgan fingerprint density at radius 3 is 2.76 bits per heavy atom. The minimum Gasteiger partial charge on any atom is -0.382 e. The third-order valence-electron chi connectivity index (χ3n) is 3.58. The van der Waals surface area contributed by atoms with Crippen LogP contribution in [0.4, 0.5) is 0 Å². The summed E-state index contributed by atoms with van der Waals surface area (Å²) >= 11 is 0. The molecule has 0 aromatic heterocycles. The minimum atomic E-state index is -0.779. The molecule has 2 nitrogen and oxygen atoms in total. The number of benzene rings is 1. The van der Waals surface area contributed by atoms with Crippen molar-refractivity contribution in [2.24, 2.45) is 5.92 Å². The lowest BCUT2D eigenvalue weighted by Crippen LogP contribution is -2.33. The van der Waals surface area contributed by atoms with E-state index in [9.17, 15) is 5.11 Å². The maximum absolute atomic E-state index is 10.8. The van der Waals surface area contributed by atoms with Crippen LogP contribution < -0.4 is 0 Å². The molecular formula is C15H22O2. The van der Waals surface area contributed by atoms with Crippen LogP contribution in [0.25, 0.3) is 0 Å². The highest BCUT2D eigenvalue weighted by Crippen LogP contribution is 2.46. The van der Waals surface area contributed by atoms with E-state index in [1.54, 1.807) is 7.11 Å². The van der Waals surface area contributed by atoms with E-state index in [1.165, 1.54) is 5.56 Å². The lowest BCUT2D eigenvalue weighted by molar-refractivity contribution is -0.0533. The van der Waals surface area contributed by atoms with Gasteiger partial charge in [0.05, 0.1) is 6.61 Å². The van der Waals surface area contributed by atoms with Gasteiger partial charge < -0.3 is 9.84 Å². The van der Waals surface area contributed by atoms with Gasteiger partial charge in [0.25, 0.3) is 0 Å². The molecule has 1 aliphatic rings. The molecule has 0 spiro atoms. The standard InChI is InChI=1S/C15H22O2/c1-3-5-12-6-4-7-14(10-12)15(16,11-17-2)13-8-9-13/h4,6-7,10,13,16H,3,5,8-9,11H2,1-2H3. The van der Waals surface area contributed by atoms with Crippen LogP contribution in [0.1, 0.15) is 37.3 Å². The van der Waals surface area contributed by atoms with E-state index in [4.69, 9.17) is 4.74 Å². The van der Waals surface area contributed by atoms with Gasteiger partial charge in [0.1, 0.15) is 5.60 Å². The Bertz CT molecular complexity index is 371. The van der Waals surface area contributed by atoms with Crippen molar-refractivity contribution < 1.29 is 9.84 Å². The van der Waals surface area contributed by atoms with E-state index in [0.29, 0.717) is 12.5 Å². The Morgan fingerprint density at radius 1 is 1.41 bits per heavy atom. The number of ether oxygens (including phenoxy) is 1. The summed E-state index contributed by atoms with van der Waals surface area (Å²) in [4.78, 5) is 0. The van der Waals surface area contributed by atoms with E-state index in [0.717, 1.165) is 31.2 Å². The van der Waals surface area contributed by atoms with Crippen molar-refractivity contribution in [2.75, 3.05) is 13.7 Å². The van der Waals surface area contributed by atoms with Gasteiger partial charge in [-0.25, -0.2) is 0 Å². The molecule has 17 heavy (non-hydrogen) atoms. The highest BCUT2D eigenvalue weighted by molar-refractivity contribution is 5.30. The summed E-state index contributed by atoms with van der Waals surface area (Å²) in [5, 5.41) is 10.8. The summed E-state index contributed by atoms with van der Waals surface area (Å²) in [7, 11) is 1.66. The molecule has 2 rings (SSSR count). The average molecular weight is 234 g/mol. The van der Waals surface area contributed by atoms with E-state index in [-0.39, 0.29) is 0 Å². The molecule has 94 valence electrons. The van der Waals surface area contributed by atoms with Gasteiger partial charge in [0.15, 0.2) is 0 Å². The van der Waals surface area contributed by atoms with Gasteiger partial charge in [-0.1, -0.05) is 37.6 Å². The molecule has 1 aromatic rings. The van der Waals surface area contributed by atoms with Crippen molar-refractivity contribution in [1.82, 2.24) is 0 Å². The highest BCUT2D eigenvalue weighted by atomic mass is 16.5. The van der Waals surface area contributed by atoms with Crippen LogP contribution >= 0.6 is 0 Å². The van der Waals surface area contributed by atoms with Gasteiger partial charge in [-0.3, -0.25) is 0 Å². The molecule has 0 aliphatic heterocycles. The minimum absolute atomic E-state index is 0.374. The summed E-state index contributed by atoms with van der Waals surface area (Å²) < 4.78 is 5.21. The Kier molecular flexibility index (Phi) is 3.85. The first-order valence-electron chi connectivity index (χ1n) is 6.51. The molecule has 1 atom stereocenters. The molecule has 0 heterocycles. The zero-order valence-electron chi connectivity index (χ0n) is 10.8. The monoisotopic (exact) mass is 234 g/mol. The SMILES string of the molecule is CCCc1cccc(C(O)(COC)C2CC2)c1. The zero-order valence-corrected chi connectivity index (χ0v) is 10.8. The number of methoxy groups -OCH3 is 1. The van der Waals surface area contributed by atoms with Crippen LogP contribution in [0.5, 0.6) is 0 Å². The van der Waals surface area contributed by atoms with Crippen LogP contribution in [-0.2, 0) is 16.8 Å². The Hall–Kier alpha value is -0.860. The Balaban J connectivity index is 2.25. The van der Waals surface area contributed by atoms with Gasteiger partial charge in [-0.15, -0.1) is 0 Å². The molecule has 0 bridgehead atoms. The fraction of sp³-hybridized carbons (Fsp3) is 0.600. The largest absolute Gasteiger partial charge is 0.382 e. The van der Waals surface area contributed by atoms with Gasteiger partial charge in [0, 0.05) is 7.11 Å². The number of hydrogen-bond acceptors (Lipinski definition) is 2. The molecule has 0 amide bonds. The first-order chi connectivity index (χ1) is 8.20. The summed E-state index contributed by atoms with van der Waals surface area (Å²) in [5.41, 5.74) is 1.55. The maximum Gasteiger partial charge on any atom is 0.116 e. The summed E-state index contributed by atoms with van der Waals surface area (Å²) in [6, 6.07) is 8.34. The molecule has 1 fully saturated rings. The number of hydrogen-bond donors (Lipinski definition) is 1. The highest BCUT2D eigenvalue weighted by Gasteiger charge is 2.45. The average Bonchev–Trinajstić information content (AvgIpc) is 3.14. The molecule has 0 saturated heterocycles. The number of aliphatic hydroxyl groups is 1. The van der Waals surface area contributed by atoms with E-state index in [1.807, 2.05) is 12.1 Å². The third kappa shape index (κ3) is 2.70. The predicted octanol–water partition coefficient (Wildman–Crippen LogP) is 2.88. The third-order valence-corrected chi connectivity index (χ3v) is 3.58. The molecule has 1 aliphatic carbocycles. The fourth-order valence-corrected chi connectivity index (χ4v) is 2.50. The Morgan fingerprint density at radius 2 is 2.18 bits per heavy atom. The van der Waals surface area contributed by atoms with Crippen LogP contribution in [-0.4, -0.2) is 18.8 Å². The van der Waals surface area contributed by atoms with Gasteiger partial charge >= 0.3 is 0 Å². The lowest BCUT2D eigenvalue weighted by Gasteiger charge is -2.28. The number of aryl methyl sites for hydroxylation is 1. The quantitative estimate of drug-likeness (QED) is 0.820. The maximum atomic E-state index is 10.8. The van der Waals surface area contributed by atoms with Crippen LogP contribution in [0.15, 0.2) is 24.3 Å². The van der Waals surface area contributed by atoms with E-state index >= 15 is 0 Å². The smallest absolute Gasteiger partial charge is 0.116 e. The van der Waals surface area contributed by atoms with Gasteiger partial charge in [0.2, 0.25) is 0 Å². The normalized spacial score (nSPS) is 19.0. The molecule has 1 N–H and O–H groups in total. The molecule has 2 heteroatoms. The first kappa shape index (κ1) is 12.6. The Labute approximate surface area is 104 Å². The summed E-state index contributed by atoms with van der Waals surface area (Å²) in [6.45, 7) is 2.57. The van der Waals surface area contributed by atoms with Gasteiger partial charge in [-0.05, 0) is 36.3 Å². The second kappa shape index (κ2) is 5.19. The van der Waals surface area contributed by atoms with Crippen molar-refractivity contribution in [3.63, 3.8) is 0 Å². The van der Waals surface area contributed by atoms with Crippen LogP contribution in [0.3, 0.4) is 0 Å². The second-order valence-corrected chi connectivity index (χ2v) is 5.08. The molecule has 1 aromatic carbocycles. The molecular weight excluding hydrogens is 212 g/mol.